The molecular weight excluding hydrogens is 264 g/mol. The van der Waals surface area contributed by atoms with Crippen molar-refractivity contribution in [2.75, 3.05) is 12.3 Å². The molecule has 2 aromatic rings. The van der Waals surface area contributed by atoms with Crippen molar-refractivity contribution < 1.29 is 4.79 Å². The Hall–Kier alpha value is -2.14. The molecule has 0 aliphatic carbocycles. The molecule has 0 bridgehead atoms. The maximum absolute atomic E-state index is 11.8. The molecule has 0 saturated carbocycles. The number of hydrogen-bond donors (Lipinski definition) is 2. The monoisotopic (exact) mass is 276 g/mol. The molecule has 5 nitrogen and oxygen atoms in total. The number of halogens is 1. The lowest BCUT2D eigenvalue weighted by atomic mass is 10.2. The number of pyridine rings is 2. The summed E-state index contributed by atoms with van der Waals surface area (Å²) in [5, 5.41) is 3.05. The van der Waals surface area contributed by atoms with Gasteiger partial charge in [-0.1, -0.05) is 17.7 Å². The molecule has 2 rings (SSSR count). The van der Waals surface area contributed by atoms with Crippen LogP contribution >= 0.6 is 11.6 Å². The Morgan fingerprint density at radius 2 is 2.21 bits per heavy atom. The Bertz CT molecular complexity index is 574. The molecule has 0 aromatic carbocycles. The average Bonchev–Trinajstić information content (AvgIpc) is 2.43. The van der Waals surface area contributed by atoms with Crippen molar-refractivity contribution >= 4 is 23.3 Å². The third kappa shape index (κ3) is 3.66. The SMILES string of the molecule is Nc1ncc(C(=O)NCCc2ccccn2)cc1Cl. The van der Waals surface area contributed by atoms with Crippen LogP contribution in [0.4, 0.5) is 5.82 Å². The van der Waals surface area contributed by atoms with E-state index >= 15 is 0 Å². The number of carbonyl (C=O) groups is 1. The van der Waals surface area contributed by atoms with Crippen molar-refractivity contribution in [3.63, 3.8) is 0 Å². The normalized spacial score (nSPS) is 10.2. The zero-order valence-corrected chi connectivity index (χ0v) is 10.9. The smallest absolute Gasteiger partial charge is 0.252 e. The molecule has 98 valence electrons. The number of nitrogens with zero attached hydrogens (tertiary/aromatic N) is 2. The number of amides is 1. The van der Waals surface area contributed by atoms with Gasteiger partial charge in [0.15, 0.2) is 0 Å². The molecule has 2 aromatic heterocycles. The summed E-state index contributed by atoms with van der Waals surface area (Å²) < 4.78 is 0. The molecule has 0 fully saturated rings. The molecule has 0 saturated heterocycles. The summed E-state index contributed by atoms with van der Waals surface area (Å²) in [5.41, 5.74) is 6.80. The van der Waals surface area contributed by atoms with E-state index in [1.807, 2.05) is 18.2 Å². The Morgan fingerprint density at radius 1 is 1.37 bits per heavy atom. The molecule has 0 spiro atoms. The topological polar surface area (TPSA) is 80.9 Å². The molecule has 6 heteroatoms. The van der Waals surface area contributed by atoms with Gasteiger partial charge in [-0.2, -0.15) is 0 Å². The van der Waals surface area contributed by atoms with E-state index in [-0.39, 0.29) is 16.7 Å². The molecule has 0 aliphatic rings. The van der Waals surface area contributed by atoms with E-state index in [2.05, 4.69) is 15.3 Å². The number of nitrogen functional groups attached to an aromatic ring is 1. The van der Waals surface area contributed by atoms with Gasteiger partial charge in [-0.15, -0.1) is 0 Å². The minimum absolute atomic E-state index is 0.215. The summed E-state index contributed by atoms with van der Waals surface area (Å²) in [4.78, 5) is 19.8. The largest absolute Gasteiger partial charge is 0.382 e. The maximum atomic E-state index is 11.8. The molecule has 0 radical (unpaired) electrons. The summed E-state index contributed by atoms with van der Waals surface area (Å²) in [6.45, 7) is 0.498. The van der Waals surface area contributed by atoms with Crippen molar-refractivity contribution in [1.29, 1.82) is 0 Å². The average molecular weight is 277 g/mol. The van der Waals surface area contributed by atoms with Crippen LogP contribution in [0.15, 0.2) is 36.7 Å². The highest BCUT2D eigenvalue weighted by Crippen LogP contribution is 2.16. The molecular formula is C13H13ClN4O. The van der Waals surface area contributed by atoms with E-state index in [9.17, 15) is 4.79 Å². The van der Waals surface area contributed by atoms with Crippen molar-refractivity contribution in [3.8, 4) is 0 Å². The first kappa shape index (κ1) is 13.3. The maximum Gasteiger partial charge on any atom is 0.252 e. The number of anilines is 1. The number of hydrogen-bond acceptors (Lipinski definition) is 4. The fourth-order valence-corrected chi connectivity index (χ4v) is 1.69. The highest BCUT2D eigenvalue weighted by atomic mass is 35.5. The van der Waals surface area contributed by atoms with Gasteiger partial charge in [-0.25, -0.2) is 4.98 Å². The highest BCUT2D eigenvalue weighted by Gasteiger charge is 2.08. The van der Waals surface area contributed by atoms with E-state index < -0.39 is 0 Å². The number of carbonyl (C=O) groups excluding carboxylic acids is 1. The van der Waals surface area contributed by atoms with Gasteiger partial charge >= 0.3 is 0 Å². The second kappa shape index (κ2) is 6.15. The Morgan fingerprint density at radius 3 is 2.89 bits per heavy atom. The first-order valence-corrected chi connectivity index (χ1v) is 6.14. The Labute approximate surface area is 115 Å². The zero-order chi connectivity index (χ0) is 13.7. The van der Waals surface area contributed by atoms with Crippen LogP contribution in [0.3, 0.4) is 0 Å². The third-order valence-electron chi connectivity index (χ3n) is 2.52. The predicted octanol–water partition coefficient (Wildman–Crippen LogP) is 1.68. The number of nitrogens with two attached hydrogens (primary N) is 1. The highest BCUT2D eigenvalue weighted by molar-refractivity contribution is 6.33. The number of rotatable bonds is 4. The Kier molecular flexibility index (Phi) is 4.30. The van der Waals surface area contributed by atoms with Crippen LogP contribution in [-0.4, -0.2) is 22.4 Å². The molecule has 0 aliphatic heterocycles. The summed E-state index contributed by atoms with van der Waals surface area (Å²) in [5.74, 6) is -0.0166. The first-order chi connectivity index (χ1) is 9.16. The van der Waals surface area contributed by atoms with E-state index in [1.54, 1.807) is 6.20 Å². The van der Waals surface area contributed by atoms with Crippen LogP contribution in [0.5, 0.6) is 0 Å². The zero-order valence-electron chi connectivity index (χ0n) is 10.1. The van der Waals surface area contributed by atoms with Crippen LogP contribution in [-0.2, 0) is 6.42 Å². The Balaban J connectivity index is 1.89. The molecule has 3 N–H and O–H groups in total. The lowest BCUT2D eigenvalue weighted by molar-refractivity contribution is 0.0954. The second-order valence-corrected chi connectivity index (χ2v) is 4.33. The van der Waals surface area contributed by atoms with Gasteiger partial charge in [0.05, 0.1) is 10.6 Å². The molecule has 0 atom stereocenters. The summed E-state index contributed by atoms with van der Waals surface area (Å²) in [6.07, 6.45) is 3.79. The second-order valence-electron chi connectivity index (χ2n) is 3.92. The molecule has 0 unspecified atom stereocenters. The van der Waals surface area contributed by atoms with Crippen LogP contribution in [0, 0.1) is 0 Å². The molecule has 19 heavy (non-hydrogen) atoms. The van der Waals surface area contributed by atoms with Gasteiger partial charge in [0.2, 0.25) is 0 Å². The van der Waals surface area contributed by atoms with E-state index in [1.165, 1.54) is 12.3 Å². The third-order valence-corrected chi connectivity index (χ3v) is 2.83. The minimum Gasteiger partial charge on any atom is -0.382 e. The van der Waals surface area contributed by atoms with Gasteiger partial charge in [0.1, 0.15) is 5.82 Å². The summed E-state index contributed by atoms with van der Waals surface area (Å²) >= 11 is 5.81. The van der Waals surface area contributed by atoms with Crippen LogP contribution < -0.4 is 11.1 Å². The lowest BCUT2D eigenvalue weighted by Gasteiger charge is -2.05. The van der Waals surface area contributed by atoms with Crippen LogP contribution in [0.1, 0.15) is 16.1 Å². The van der Waals surface area contributed by atoms with Crippen molar-refractivity contribution in [2.45, 2.75) is 6.42 Å². The van der Waals surface area contributed by atoms with Gasteiger partial charge in [-0.05, 0) is 18.2 Å². The van der Waals surface area contributed by atoms with Crippen molar-refractivity contribution in [2.24, 2.45) is 0 Å². The predicted molar refractivity (Wildman–Crippen MR) is 73.9 cm³/mol. The van der Waals surface area contributed by atoms with E-state index in [0.717, 1.165) is 5.69 Å². The van der Waals surface area contributed by atoms with Gasteiger partial charge in [0.25, 0.3) is 5.91 Å². The number of aromatic nitrogens is 2. The van der Waals surface area contributed by atoms with E-state index in [0.29, 0.717) is 18.5 Å². The van der Waals surface area contributed by atoms with E-state index in [4.69, 9.17) is 17.3 Å². The van der Waals surface area contributed by atoms with Crippen molar-refractivity contribution in [1.82, 2.24) is 15.3 Å². The van der Waals surface area contributed by atoms with Crippen LogP contribution in [0.2, 0.25) is 5.02 Å². The fourth-order valence-electron chi connectivity index (χ4n) is 1.52. The van der Waals surface area contributed by atoms with Gasteiger partial charge < -0.3 is 11.1 Å². The number of nitrogens with one attached hydrogen (secondary N) is 1. The first-order valence-electron chi connectivity index (χ1n) is 5.76. The quantitative estimate of drug-likeness (QED) is 0.890. The van der Waals surface area contributed by atoms with Gasteiger partial charge in [0, 0.05) is 31.1 Å². The summed E-state index contributed by atoms with van der Waals surface area (Å²) in [7, 11) is 0. The summed E-state index contributed by atoms with van der Waals surface area (Å²) in [6, 6.07) is 7.17. The van der Waals surface area contributed by atoms with Crippen LogP contribution in [0.25, 0.3) is 0 Å². The lowest BCUT2D eigenvalue weighted by Crippen LogP contribution is -2.26. The fraction of sp³-hybridized carbons (Fsp3) is 0.154. The van der Waals surface area contributed by atoms with Gasteiger partial charge in [-0.3, -0.25) is 9.78 Å². The standard InChI is InChI=1S/C13H13ClN4O/c14-11-7-9(8-18-12(11)15)13(19)17-6-4-10-3-1-2-5-16-10/h1-3,5,7-8H,4,6H2,(H2,15,18)(H,17,19). The molecule has 1 amide bonds. The molecule has 2 heterocycles. The minimum atomic E-state index is -0.231. The van der Waals surface area contributed by atoms with Crippen molar-refractivity contribution in [3.05, 3.63) is 52.9 Å².